The van der Waals surface area contributed by atoms with E-state index in [9.17, 15) is 14.7 Å². The molecule has 0 saturated carbocycles. The zero-order valence-corrected chi connectivity index (χ0v) is 13.1. The Balaban J connectivity index is 2.37. The Bertz CT molecular complexity index is 558. The number of carboxylic acid groups (broad SMARTS) is 1. The molecular formula is C11H12ClN3O3S2. The van der Waals surface area contributed by atoms with Crippen molar-refractivity contribution in [3.8, 4) is 0 Å². The lowest BCUT2D eigenvalue weighted by Crippen LogP contribution is -2.45. The topological polar surface area (TPSA) is 83.4 Å². The zero-order valence-electron chi connectivity index (χ0n) is 10.7. The van der Waals surface area contributed by atoms with Crippen LogP contribution >= 0.6 is 35.1 Å². The number of carbonyl (C=O) groups excluding carboxylic acids is 1. The molecule has 20 heavy (non-hydrogen) atoms. The minimum absolute atomic E-state index is 0.0478. The molecule has 2 atom stereocenters. The number of aromatic nitrogens is 2. The van der Waals surface area contributed by atoms with Gasteiger partial charge in [0.15, 0.2) is 10.9 Å². The summed E-state index contributed by atoms with van der Waals surface area (Å²) in [6, 6.07) is -0.855. The Morgan fingerprint density at radius 1 is 1.60 bits per heavy atom. The van der Waals surface area contributed by atoms with Crippen LogP contribution in [0.4, 0.5) is 0 Å². The van der Waals surface area contributed by atoms with E-state index in [-0.39, 0.29) is 16.1 Å². The average molecular weight is 334 g/mol. The van der Waals surface area contributed by atoms with Crippen molar-refractivity contribution in [1.29, 1.82) is 0 Å². The second-order valence-corrected chi connectivity index (χ2v) is 6.58. The van der Waals surface area contributed by atoms with Gasteiger partial charge >= 0.3 is 5.97 Å². The Morgan fingerprint density at radius 3 is 2.90 bits per heavy atom. The standard InChI is InChI=1S/C11H12ClN3O3S2/c1-5-15(7(4-20-5)10(17)18)9(16)8-6(12)3-13-11(14-8)19-2/h3,5,7H,4H2,1-2H3,(H,17,18). The Hall–Kier alpha value is -0.990. The van der Waals surface area contributed by atoms with E-state index < -0.39 is 17.9 Å². The highest BCUT2D eigenvalue weighted by molar-refractivity contribution is 8.00. The van der Waals surface area contributed by atoms with Gasteiger partial charge in [-0.05, 0) is 13.2 Å². The van der Waals surface area contributed by atoms with E-state index >= 15 is 0 Å². The molecule has 1 aliphatic rings. The van der Waals surface area contributed by atoms with Crippen molar-refractivity contribution < 1.29 is 14.7 Å². The summed E-state index contributed by atoms with van der Waals surface area (Å²) in [5, 5.41) is 9.51. The Labute approximate surface area is 129 Å². The molecule has 1 amide bonds. The molecule has 0 spiro atoms. The summed E-state index contributed by atoms with van der Waals surface area (Å²) in [6.45, 7) is 1.79. The van der Waals surface area contributed by atoms with Gasteiger partial charge in [0.1, 0.15) is 6.04 Å². The molecule has 0 aromatic carbocycles. The number of hydrogen-bond acceptors (Lipinski definition) is 6. The zero-order chi connectivity index (χ0) is 14.9. The summed E-state index contributed by atoms with van der Waals surface area (Å²) in [6.07, 6.45) is 3.14. The average Bonchev–Trinajstić information content (AvgIpc) is 2.80. The van der Waals surface area contributed by atoms with E-state index in [0.29, 0.717) is 10.9 Å². The largest absolute Gasteiger partial charge is 0.480 e. The second-order valence-electron chi connectivity index (χ2n) is 4.05. The summed E-state index contributed by atoms with van der Waals surface area (Å²) in [4.78, 5) is 33.1. The van der Waals surface area contributed by atoms with Crippen molar-refractivity contribution in [2.45, 2.75) is 23.5 Å². The molecule has 0 bridgehead atoms. The minimum Gasteiger partial charge on any atom is -0.480 e. The Kier molecular flexibility index (Phi) is 4.77. The number of carbonyl (C=O) groups is 2. The number of hydrogen-bond donors (Lipinski definition) is 1. The number of aliphatic carboxylic acids is 1. The van der Waals surface area contributed by atoms with Gasteiger partial charge in [0.05, 0.1) is 16.6 Å². The maximum absolute atomic E-state index is 12.5. The van der Waals surface area contributed by atoms with Gasteiger partial charge in [-0.1, -0.05) is 23.4 Å². The number of carboxylic acids is 1. The van der Waals surface area contributed by atoms with Crippen LogP contribution in [0.25, 0.3) is 0 Å². The van der Waals surface area contributed by atoms with Crippen LogP contribution in [-0.2, 0) is 4.79 Å². The third-order valence-corrected chi connectivity index (χ3v) is 4.91. The van der Waals surface area contributed by atoms with Crippen molar-refractivity contribution in [1.82, 2.24) is 14.9 Å². The molecule has 0 aliphatic carbocycles. The summed E-state index contributed by atoms with van der Waals surface area (Å²) in [5.74, 6) is -1.14. The van der Waals surface area contributed by atoms with Crippen LogP contribution in [0, 0.1) is 0 Å². The molecule has 1 fully saturated rings. The van der Waals surface area contributed by atoms with E-state index in [4.69, 9.17) is 11.6 Å². The van der Waals surface area contributed by atoms with Crippen LogP contribution in [0.5, 0.6) is 0 Å². The highest BCUT2D eigenvalue weighted by Gasteiger charge is 2.40. The van der Waals surface area contributed by atoms with E-state index in [1.807, 2.05) is 0 Å². The fourth-order valence-electron chi connectivity index (χ4n) is 1.86. The normalized spacial score (nSPS) is 22.1. The first-order valence-corrected chi connectivity index (χ1v) is 8.34. The van der Waals surface area contributed by atoms with Gasteiger partial charge in [0, 0.05) is 5.75 Å². The van der Waals surface area contributed by atoms with E-state index in [0.717, 1.165) is 0 Å². The number of amides is 1. The maximum atomic E-state index is 12.5. The lowest BCUT2D eigenvalue weighted by molar-refractivity contribution is -0.141. The molecule has 108 valence electrons. The first kappa shape index (κ1) is 15.4. The number of nitrogens with zero attached hydrogens (tertiary/aromatic N) is 3. The molecule has 9 heteroatoms. The van der Waals surface area contributed by atoms with Crippen molar-refractivity contribution in [3.63, 3.8) is 0 Å². The molecule has 1 saturated heterocycles. The molecule has 0 radical (unpaired) electrons. The van der Waals surface area contributed by atoms with Crippen molar-refractivity contribution in [3.05, 3.63) is 16.9 Å². The fourth-order valence-corrected chi connectivity index (χ4v) is 3.54. The quantitative estimate of drug-likeness (QED) is 0.667. The molecule has 2 heterocycles. The van der Waals surface area contributed by atoms with E-state index in [1.54, 1.807) is 13.2 Å². The third kappa shape index (κ3) is 2.87. The van der Waals surface area contributed by atoms with Crippen molar-refractivity contribution in [2.24, 2.45) is 0 Å². The lowest BCUT2D eigenvalue weighted by atomic mass is 10.2. The highest BCUT2D eigenvalue weighted by atomic mass is 35.5. The second kappa shape index (κ2) is 6.19. The maximum Gasteiger partial charge on any atom is 0.327 e. The predicted octanol–water partition coefficient (Wildman–Crippen LogP) is 1.84. The molecular weight excluding hydrogens is 322 g/mol. The summed E-state index contributed by atoms with van der Waals surface area (Å²) < 4.78 is 0. The van der Waals surface area contributed by atoms with Gasteiger partial charge in [-0.2, -0.15) is 0 Å². The molecule has 1 aromatic heterocycles. The molecule has 6 nitrogen and oxygen atoms in total. The number of rotatable bonds is 3. The summed E-state index contributed by atoms with van der Waals surface area (Å²) in [7, 11) is 0. The SMILES string of the molecule is CSc1ncc(Cl)c(C(=O)N2C(C)SCC2C(=O)O)n1. The molecule has 2 unspecified atom stereocenters. The number of thioether (sulfide) groups is 2. The van der Waals surface area contributed by atoms with Crippen LogP contribution in [0.3, 0.4) is 0 Å². The van der Waals surface area contributed by atoms with Crippen LogP contribution in [-0.4, -0.2) is 55.3 Å². The van der Waals surface area contributed by atoms with Gasteiger partial charge in [-0.15, -0.1) is 11.8 Å². The van der Waals surface area contributed by atoms with Gasteiger partial charge in [-0.25, -0.2) is 14.8 Å². The monoisotopic (exact) mass is 333 g/mol. The molecule has 1 aromatic rings. The molecule has 2 rings (SSSR count). The number of halogens is 1. The molecule has 1 aliphatic heterocycles. The van der Waals surface area contributed by atoms with E-state index in [2.05, 4.69) is 9.97 Å². The molecule has 1 N–H and O–H groups in total. The predicted molar refractivity (Wildman–Crippen MR) is 78.3 cm³/mol. The minimum atomic E-state index is -1.02. The highest BCUT2D eigenvalue weighted by Crippen LogP contribution is 2.31. The Morgan fingerprint density at radius 2 is 2.30 bits per heavy atom. The van der Waals surface area contributed by atoms with Crippen LogP contribution < -0.4 is 0 Å². The summed E-state index contributed by atoms with van der Waals surface area (Å²) in [5.41, 5.74) is 0.0478. The van der Waals surface area contributed by atoms with E-state index in [1.165, 1.54) is 34.6 Å². The van der Waals surface area contributed by atoms with Crippen LogP contribution in [0.2, 0.25) is 5.02 Å². The van der Waals surface area contributed by atoms with Gasteiger partial charge in [0.2, 0.25) is 0 Å². The fraction of sp³-hybridized carbons (Fsp3) is 0.455. The first-order chi connectivity index (χ1) is 9.45. The van der Waals surface area contributed by atoms with Gasteiger partial charge in [-0.3, -0.25) is 4.79 Å². The summed E-state index contributed by atoms with van der Waals surface area (Å²) >= 11 is 8.67. The first-order valence-electron chi connectivity index (χ1n) is 5.69. The van der Waals surface area contributed by atoms with Gasteiger partial charge < -0.3 is 10.0 Å². The lowest BCUT2D eigenvalue weighted by Gasteiger charge is -2.24. The smallest absolute Gasteiger partial charge is 0.327 e. The van der Waals surface area contributed by atoms with Crippen LogP contribution in [0.1, 0.15) is 17.4 Å². The van der Waals surface area contributed by atoms with Crippen LogP contribution in [0.15, 0.2) is 11.4 Å². The third-order valence-electron chi connectivity index (χ3n) is 2.85. The van der Waals surface area contributed by atoms with Gasteiger partial charge in [0.25, 0.3) is 5.91 Å². The van der Waals surface area contributed by atoms with Crippen molar-refractivity contribution >= 4 is 47.0 Å². The van der Waals surface area contributed by atoms with Crippen molar-refractivity contribution in [2.75, 3.05) is 12.0 Å².